The van der Waals surface area contributed by atoms with Crippen LogP contribution < -0.4 is 5.56 Å². The number of H-pyrrole nitrogens is 1. The summed E-state index contributed by atoms with van der Waals surface area (Å²) in [5.74, 6) is 0.182. The molecule has 26 heavy (non-hydrogen) atoms. The third-order valence-electron chi connectivity index (χ3n) is 5.13. The van der Waals surface area contributed by atoms with Crippen LogP contribution in [0, 0.1) is 18.8 Å². The molecule has 3 rings (SSSR count). The van der Waals surface area contributed by atoms with E-state index in [0.717, 1.165) is 28.6 Å². The van der Waals surface area contributed by atoms with Crippen molar-refractivity contribution in [3.63, 3.8) is 0 Å². The molecule has 0 unspecified atom stereocenters. The van der Waals surface area contributed by atoms with Gasteiger partial charge in [0.1, 0.15) is 0 Å². The van der Waals surface area contributed by atoms with Gasteiger partial charge in [0.15, 0.2) is 0 Å². The number of aryl methyl sites for hydroxylation is 1. The van der Waals surface area contributed by atoms with Crippen molar-refractivity contribution in [2.75, 3.05) is 40.9 Å². The molecule has 0 aliphatic carbocycles. The second kappa shape index (κ2) is 7.60. The first-order chi connectivity index (χ1) is 12.4. The monoisotopic (exact) mass is 357 g/mol. The minimum Gasteiger partial charge on any atom is -0.384 e. The Morgan fingerprint density at radius 3 is 2.77 bits per heavy atom. The lowest BCUT2D eigenvalue weighted by atomic mass is 9.96. The van der Waals surface area contributed by atoms with E-state index in [1.54, 1.807) is 26.1 Å². The highest BCUT2D eigenvalue weighted by atomic mass is 16.5. The lowest BCUT2D eigenvalue weighted by Crippen LogP contribution is -2.35. The van der Waals surface area contributed by atoms with Crippen molar-refractivity contribution in [2.24, 2.45) is 11.8 Å². The van der Waals surface area contributed by atoms with Gasteiger partial charge in [-0.3, -0.25) is 14.5 Å². The Morgan fingerprint density at radius 2 is 2.08 bits per heavy atom. The minimum atomic E-state index is -0.0906. The molecular formula is C20H27N3O3. The summed E-state index contributed by atoms with van der Waals surface area (Å²) in [6, 6.07) is 8.01. The van der Waals surface area contributed by atoms with Gasteiger partial charge < -0.3 is 14.6 Å². The zero-order chi connectivity index (χ0) is 18.8. The van der Waals surface area contributed by atoms with Crippen LogP contribution in [0.2, 0.25) is 0 Å². The highest BCUT2D eigenvalue weighted by Crippen LogP contribution is 2.26. The van der Waals surface area contributed by atoms with Crippen LogP contribution in [0.25, 0.3) is 10.9 Å². The number of methoxy groups -OCH3 is 1. The van der Waals surface area contributed by atoms with Gasteiger partial charge in [-0.1, -0.05) is 12.1 Å². The second-order valence-electron chi connectivity index (χ2n) is 7.46. The molecule has 1 saturated heterocycles. The molecule has 2 aromatic rings. The van der Waals surface area contributed by atoms with E-state index in [0.29, 0.717) is 19.7 Å². The highest BCUT2D eigenvalue weighted by molar-refractivity contribution is 5.80. The lowest BCUT2D eigenvalue weighted by molar-refractivity contribution is -0.134. The molecule has 0 radical (unpaired) electrons. The van der Waals surface area contributed by atoms with Crippen molar-refractivity contribution in [1.29, 1.82) is 0 Å². The molecule has 140 valence electrons. The predicted octanol–water partition coefficient (Wildman–Crippen LogP) is 1.62. The van der Waals surface area contributed by atoms with Crippen LogP contribution in [0.4, 0.5) is 0 Å². The first-order valence-electron chi connectivity index (χ1n) is 8.94. The van der Waals surface area contributed by atoms with Gasteiger partial charge in [0.2, 0.25) is 5.91 Å². The van der Waals surface area contributed by atoms with Gasteiger partial charge in [-0.2, -0.15) is 0 Å². The number of pyridine rings is 1. The van der Waals surface area contributed by atoms with E-state index in [1.807, 2.05) is 31.2 Å². The molecule has 1 N–H and O–H groups in total. The number of rotatable bonds is 5. The summed E-state index contributed by atoms with van der Waals surface area (Å²) in [5, 5.41) is 1.03. The summed E-state index contributed by atoms with van der Waals surface area (Å²) in [6.07, 6.45) is 0. The Morgan fingerprint density at radius 1 is 1.31 bits per heavy atom. The van der Waals surface area contributed by atoms with Crippen molar-refractivity contribution in [3.8, 4) is 0 Å². The molecule has 0 bridgehead atoms. The Labute approximate surface area is 153 Å². The first-order valence-corrected chi connectivity index (χ1v) is 8.94. The summed E-state index contributed by atoms with van der Waals surface area (Å²) in [5.41, 5.74) is 2.65. The van der Waals surface area contributed by atoms with Crippen molar-refractivity contribution in [1.82, 2.24) is 14.8 Å². The van der Waals surface area contributed by atoms with Crippen molar-refractivity contribution in [2.45, 2.75) is 13.5 Å². The Balaban J connectivity index is 1.81. The summed E-state index contributed by atoms with van der Waals surface area (Å²) >= 11 is 0. The first kappa shape index (κ1) is 18.6. The average molecular weight is 357 g/mol. The Hall–Kier alpha value is -2.18. The van der Waals surface area contributed by atoms with Crippen LogP contribution in [-0.4, -0.2) is 61.6 Å². The van der Waals surface area contributed by atoms with Gasteiger partial charge in [-0.05, 0) is 30.0 Å². The maximum Gasteiger partial charge on any atom is 0.252 e. The van der Waals surface area contributed by atoms with Crippen LogP contribution in [-0.2, 0) is 16.1 Å². The molecule has 0 saturated carbocycles. The smallest absolute Gasteiger partial charge is 0.252 e. The standard InChI is InChI=1S/C20H27N3O3/c1-13-5-6-14-8-15(19(24)21-18(14)7-13)9-23-10-16(12-26-4)17(11-23)20(25)22(2)3/h5-8,16-17H,9-12H2,1-4H3,(H,21,24)/t16-,17+/m0/s1. The number of ether oxygens (including phenoxy) is 1. The largest absolute Gasteiger partial charge is 0.384 e. The topological polar surface area (TPSA) is 65.6 Å². The number of nitrogens with zero attached hydrogens (tertiary/aromatic N) is 2. The van der Waals surface area contributed by atoms with E-state index in [4.69, 9.17) is 4.74 Å². The van der Waals surface area contributed by atoms with Gasteiger partial charge in [-0.15, -0.1) is 0 Å². The van der Waals surface area contributed by atoms with Gasteiger partial charge in [-0.25, -0.2) is 0 Å². The average Bonchev–Trinajstić information content (AvgIpc) is 2.97. The molecule has 1 aromatic heterocycles. The van der Waals surface area contributed by atoms with E-state index in [2.05, 4.69) is 9.88 Å². The normalized spacial score (nSPS) is 20.6. The molecule has 1 aliphatic rings. The zero-order valence-corrected chi connectivity index (χ0v) is 15.9. The maximum absolute atomic E-state index is 12.5. The van der Waals surface area contributed by atoms with Crippen molar-refractivity contribution < 1.29 is 9.53 Å². The second-order valence-corrected chi connectivity index (χ2v) is 7.46. The van der Waals surface area contributed by atoms with Crippen molar-refractivity contribution in [3.05, 3.63) is 45.7 Å². The molecule has 2 heterocycles. The number of aromatic amines is 1. The Kier molecular flexibility index (Phi) is 5.44. The number of nitrogens with one attached hydrogen (secondary N) is 1. The molecule has 2 atom stereocenters. The van der Waals surface area contributed by atoms with Crippen LogP contribution in [0.15, 0.2) is 29.1 Å². The van der Waals surface area contributed by atoms with E-state index in [1.165, 1.54) is 0 Å². The summed E-state index contributed by atoms with van der Waals surface area (Å²) < 4.78 is 5.31. The van der Waals surface area contributed by atoms with E-state index in [-0.39, 0.29) is 23.3 Å². The predicted molar refractivity (Wildman–Crippen MR) is 102 cm³/mol. The zero-order valence-electron chi connectivity index (χ0n) is 15.9. The van der Waals surface area contributed by atoms with Gasteiger partial charge in [0.05, 0.1) is 12.5 Å². The maximum atomic E-state index is 12.5. The molecule has 1 aromatic carbocycles. The van der Waals surface area contributed by atoms with E-state index in [9.17, 15) is 9.59 Å². The summed E-state index contributed by atoms with van der Waals surface area (Å²) in [4.78, 5) is 31.8. The third-order valence-corrected chi connectivity index (χ3v) is 5.13. The van der Waals surface area contributed by atoms with Gasteiger partial charge in [0, 0.05) is 57.8 Å². The lowest BCUT2D eigenvalue weighted by Gasteiger charge is -2.20. The number of amides is 1. The molecule has 1 aliphatic heterocycles. The minimum absolute atomic E-state index is 0.0613. The van der Waals surface area contributed by atoms with E-state index >= 15 is 0 Å². The number of hydrogen-bond donors (Lipinski definition) is 1. The number of carbonyl (C=O) groups is 1. The summed E-state index contributed by atoms with van der Waals surface area (Å²) in [7, 11) is 5.23. The Bertz CT molecular complexity index is 859. The quantitative estimate of drug-likeness (QED) is 0.883. The highest BCUT2D eigenvalue weighted by Gasteiger charge is 2.38. The fourth-order valence-corrected chi connectivity index (χ4v) is 3.80. The van der Waals surface area contributed by atoms with Crippen LogP contribution in [0.3, 0.4) is 0 Å². The molecular weight excluding hydrogens is 330 g/mol. The number of fused-ring (bicyclic) bond motifs is 1. The fourth-order valence-electron chi connectivity index (χ4n) is 3.80. The molecule has 6 nitrogen and oxygen atoms in total. The van der Waals surface area contributed by atoms with Crippen LogP contribution in [0.5, 0.6) is 0 Å². The third kappa shape index (κ3) is 3.81. The number of benzene rings is 1. The van der Waals surface area contributed by atoms with Crippen molar-refractivity contribution >= 4 is 16.8 Å². The van der Waals surface area contributed by atoms with Gasteiger partial charge >= 0.3 is 0 Å². The van der Waals surface area contributed by atoms with Crippen LogP contribution in [0.1, 0.15) is 11.1 Å². The molecule has 0 spiro atoms. The molecule has 6 heteroatoms. The van der Waals surface area contributed by atoms with Crippen LogP contribution >= 0.6 is 0 Å². The summed E-state index contributed by atoms with van der Waals surface area (Å²) in [6.45, 7) is 4.50. The SMILES string of the molecule is COC[C@@H]1CN(Cc2cc3ccc(C)cc3[nH]c2=O)C[C@H]1C(=O)N(C)C. The number of carbonyl (C=O) groups excluding carboxylic acids is 1. The fraction of sp³-hybridized carbons (Fsp3) is 0.500. The van der Waals surface area contributed by atoms with Gasteiger partial charge in [0.25, 0.3) is 5.56 Å². The van der Waals surface area contributed by atoms with E-state index < -0.39 is 0 Å². The molecule has 1 fully saturated rings. The molecule has 1 amide bonds. The number of hydrogen-bond acceptors (Lipinski definition) is 4. The number of likely N-dealkylation sites (tertiary alicyclic amines) is 1. The number of aromatic nitrogens is 1.